The summed E-state index contributed by atoms with van der Waals surface area (Å²) in [6.45, 7) is 2.01. The molecule has 0 bridgehead atoms. The van der Waals surface area contributed by atoms with Crippen LogP contribution in [0.15, 0.2) is 59.1 Å². The largest absolute Gasteiger partial charge is 0.348 e. The highest BCUT2D eigenvalue weighted by Crippen LogP contribution is 2.27. The maximum absolute atomic E-state index is 13.3. The van der Waals surface area contributed by atoms with Gasteiger partial charge in [-0.2, -0.15) is 10.5 Å². The van der Waals surface area contributed by atoms with Gasteiger partial charge in [-0.15, -0.1) is 11.8 Å². The lowest BCUT2D eigenvalue weighted by atomic mass is 10.1. The molecule has 0 radical (unpaired) electrons. The molecular weight excluding hydrogens is 309 g/mol. The van der Waals surface area contributed by atoms with E-state index in [0.717, 1.165) is 11.1 Å². The Bertz CT molecular complexity index is 800. The molecule has 2 aromatic carbocycles. The Kier molecular flexibility index (Phi) is 5.80. The van der Waals surface area contributed by atoms with Crippen LogP contribution in [0.1, 0.15) is 11.1 Å². The van der Waals surface area contributed by atoms with E-state index < -0.39 is 0 Å². The predicted molar refractivity (Wildman–Crippen MR) is 90.7 cm³/mol. The number of halogens is 1. The van der Waals surface area contributed by atoms with Gasteiger partial charge in [0, 0.05) is 11.4 Å². The minimum atomic E-state index is -0.381. The molecule has 3 nitrogen and oxygen atoms in total. The van der Waals surface area contributed by atoms with E-state index in [9.17, 15) is 4.39 Å². The maximum atomic E-state index is 13.3. The molecule has 0 aliphatic rings. The SMILES string of the molecule is Cc1ccccc1CSC(Nc1cccc(F)c1)=C(C#N)C#N. The Morgan fingerprint density at radius 2 is 1.87 bits per heavy atom. The average molecular weight is 323 g/mol. The van der Waals surface area contributed by atoms with Crippen LogP contribution in [0.3, 0.4) is 0 Å². The monoisotopic (exact) mass is 323 g/mol. The molecule has 2 aromatic rings. The summed E-state index contributed by atoms with van der Waals surface area (Å²) in [5.41, 5.74) is 2.74. The lowest BCUT2D eigenvalue weighted by Crippen LogP contribution is -2.01. The van der Waals surface area contributed by atoms with Gasteiger partial charge in [-0.1, -0.05) is 30.3 Å². The Labute approximate surface area is 139 Å². The third-order valence-electron chi connectivity index (χ3n) is 3.17. The Morgan fingerprint density at radius 1 is 1.13 bits per heavy atom. The Morgan fingerprint density at radius 3 is 2.52 bits per heavy atom. The quantitative estimate of drug-likeness (QED) is 0.808. The summed E-state index contributed by atoms with van der Waals surface area (Å²) in [7, 11) is 0. The lowest BCUT2D eigenvalue weighted by molar-refractivity contribution is 0.628. The van der Waals surface area contributed by atoms with Crippen LogP contribution in [0.5, 0.6) is 0 Å². The molecule has 0 aliphatic carbocycles. The molecular formula is C18H14FN3S. The van der Waals surface area contributed by atoms with Crippen LogP contribution < -0.4 is 5.32 Å². The molecule has 0 spiro atoms. The number of hydrogen-bond donors (Lipinski definition) is 1. The number of allylic oxidation sites excluding steroid dienone is 1. The summed E-state index contributed by atoms with van der Waals surface area (Å²) in [6, 6.07) is 17.6. The van der Waals surface area contributed by atoms with E-state index in [-0.39, 0.29) is 11.4 Å². The molecule has 0 atom stereocenters. The van der Waals surface area contributed by atoms with E-state index in [4.69, 9.17) is 10.5 Å². The molecule has 0 aliphatic heterocycles. The number of nitrogens with one attached hydrogen (secondary N) is 1. The highest BCUT2D eigenvalue weighted by Gasteiger charge is 2.09. The van der Waals surface area contributed by atoms with Crippen molar-refractivity contribution in [3.8, 4) is 12.1 Å². The fourth-order valence-corrected chi connectivity index (χ4v) is 2.97. The molecule has 0 amide bonds. The van der Waals surface area contributed by atoms with E-state index in [1.54, 1.807) is 12.1 Å². The number of anilines is 1. The van der Waals surface area contributed by atoms with Crippen LogP contribution >= 0.6 is 11.8 Å². The van der Waals surface area contributed by atoms with Crippen molar-refractivity contribution in [3.63, 3.8) is 0 Å². The van der Waals surface area contributed by atoms with E-state index in [1.807, 2.05) is 43.3 Å². The van der Waals surface area contributed by atoms with Gasteiger partial charge in [-0.3, -0.25) is 0 Å². The summed E-state index contributed by atoms with van der Waals surface area (Å²) in [4.78, 5) is 0. The maximum Gasteiger partial charge on any atom is 0.159 e. The zero-order chi connectivity index (χ0) is 16.7. The fraction of sp³-hybridized carbons (Fsp3) is 0.111. The third-order valence-corrected chi connectivity index (χ3v) is 4.22. The number of rotatable bonds is 5. The molecule has 2 rings (SSSR count). The first kappa shape index (κ1) is 16.6. The third kappa shape index (κ3) is 4.60. The summed E-state index contributed by atoms with van der Waals surface area (Å²) in [6.07, 6.45) is 0. The van der Waals surface area contributed by atoms with Crippen LogP contribution in [0.4, 0.5) is 10.1 Å². The standard InChI is InChI=1S/C18H14FN3S/c1-13-5-2-3-6-14(13)12-23-18(15(10-20)11-21)22-17-8-4-7-16(19)9-17/h2-9,22H,12H2,1H3. The van der Waals surface area contributed by atoms with Crippen molar-refractivity contribution >= 4 is 17.4 Å². The van der Waals surface area contributed by atoms with Gasteiger partial charge in [-0.25, -0.2) is 4.39 Å². The first-order valence-corrected chi connectivity index (χ1v) is 7.87. The second-order valence-corrected chi connectivity index (χ2v) is 5.76. The zero-order valence-corrected chi connectivity index (χ0v) is 13.3. The van der Waals surface area contributed by atoms with Gasteiger partial charge in [0.1, 0.15) is 23.0 Å². The number of hydrogen-bond acceptors (Lipinski definition) is 4. The van der Waals surface area contributed by atoms with E-state index in [1.165, 1.54) is 23.9 Å². The van der Waals surface area contributed by atoms with Gasteiger partial charge in [0.05, 0.1) is 0 Å². The summed E-state index contributed by atoms with van der Waals surface area (Å²) in [5, 5.41) is 21.6. The average Bonchev–Trinajstić information content (AvgIpc) is 2.55. The van der Waals surface area contributed by atoms with Crippen molar-refractivity contribution in [2.45, 2.75) is 12.7 Å². The molecule has 0 aromatic heterocycles. The van der Waals surface area contributed by atoms with E-state index >= 15 is 0 Å². The minimum Gasteiger partial charge on any atom is -0.348 e. The highest BCUT2D eigenvalue weighted by atomic mass is 32.2. The van der Waals surface area contributed by atoms with Gasteiger partial charge in [0.15, 0.2) is 5.57 Å². The highest BCUT2D eigenvalue weighted by molar-refractivity contribution is 8.02. The summed E-state index contributed by atoms with van der Waals surface area (Å²) < 4.78 is 13.3. The number of nitriles is 2. The molecule has 23 heavy (non-hydrogen) atoms. The molecule has 0 saturated heterocycles. The van der Waals surface area contributed by atoms with Crippen LogP contribution in [-0.2, 0) is 5.75 Å². The number of benzene rings is 2. The number of thioether (sulfide) groups is 1. The smallest absolute Gasteiger partial charge is 0.159 e. The molecule has 0 unspecified atom stereocenters. The first-order chi connectivity index (χ1) is 11.1. The van der Waals surface area contributed by atoms with Gasteiger partial charge >= 0.3 is 0 Å². The van der Waals surface area contributed by atoms with Gasteiger partial charge in [-0.05, 0) is 36.2 Å². The fourth-order valence-electron chi connectivity index (χ4n) is 1.92. The normalized spacial score (nSPS) is 9.57. The lowest BCUT2D eigenvalue weighted by Gasteiger charge is -2.12. The zero-order valence-electron chi connectivity index (χ0n) is 12.5. The molecule has 0 fully saturated rings. The van der Waals surface area contributed by atoms with Crippen molar-refractivity contribution in [1.82, 2.24) is 0 Å². The molecule has 114 valence electrons. The predicted octanol–water partition coefficient (Wildman–Crippen LogP) is 4.74. The Hall–Kier alpha value is -2.76. The molecule has 5 heteroatoms. The Balaban J connectivity index is 2.23. The number of aryl methyl sites for hydroxylation is 1. The van der Waals surface area contributed by atoms with Crippen LogP contribution in [0.25, 0.3) is 0 Å². The molecule has 0 heterocycles. The van der Waals surface area contributed by atoms with Crippen molar-refractivity contribution in [3.05, 3.63) is 76.1 Å². The second-order valence-electron chi connectivity index (χ2n) is 4.78. The topological polar surface area (TPSA) is 59.6 Å². The van der Waals surface area contributed by atoms with Crippen LogP contribution in [0.2, 0.25) is 0 Å². The molecule has 0 saturated carbocycles. The molecule has 1 N–H and O–H groups in total. The number of nitrogens with zero attached hydrogens (tertiary/aromatic N) is 2. The van der Waals surface area contributed by atoms with Gasteiger partial charge in [0.2, 0.25) is 0 Å². The minimum absolute atomic E-state index is 0.0205. The van der Waals surface area contributed by atoms with Gasteiger partial charge in [0.25, 0.3) is 0 Å². The van der Waals surface area contributed by atoms with Crippen molar-refractivity contribution in [2.75, 3.05) is 5.32 Å². The summed E-state index contributed by atoms with van der Waals surface area (Å²) in [5.74, 6) is 0.228. The summed E-state index contributed by atoms with van der Waals surface area (Å²) >= 11 is 1.35. The van der Waals surface area contributed by atoms with E-state index in [2.05, 4.69) is 5.32 Å². The first-order valence-electron chi connectivity index (χ1n) is 6.88. The van der Waals surface area contributed by atoms with Crippen LogP contribution in [0, 0.1) is 35.4 Å². The van der Waals surface area contributed by atoms with Crippen molar-refractivity contribution in [2.24, 2.45) is 0 Å². The second kappa shape index (κ2) is 8.03. The van der Waals surface area contributed by atoms with Crippen molar-refractivity contribution < 1.29 is 4.39 Å². The van der Waals surface area contributed by atoms with Crippen molar-refractivity contribution in [1.29, 1.82) is 10.5 Å². The van der Waals surface area contributed by atoms with E-state index in [0.29, 0.717) is 16.5 Å². The van der Waals surface area contributed by atoms with Crippen LogP contribution in [-0.4, -0.2) is 0 Å². The van der Waals surface area contributed by atoms with Gasteiger partial charge < -0.3 is 5.32 Å².